The average Bonchev–Trinajstić information content (AvgIpc) is 2.62. The van der Waals surface area contributed by atoms with E-state index in [0.717, 1.165) is 42.4 Å². The summed E-state index contributed by atoms with van der Waals surface area (Å²) in [7, 11) is 0. The Bertz CT molecular complexity index is 344. The molecule has 3 rings (SSSR count). The Kier molecular flexibility index (Phi) is 7.50. The number of hydrogen-bond donors (Lipinski definition) is 1. The lowest BCUT2D eigenvalue weighted by atomic mass is 9.62. The SMILES string of the molecule is CCCCCCCC1CCC(C2CCC3CC(O)CCC3C2)CC1. The van der Waals surface area contributed by atoms with E-state index in [1.807, 2.05) is 0 Å². The second-order valence-corrected chi connectivity index (χ2v) is 9.54. The number of aliphatic hydroxyl groups excluding tert-OH is 1. The van der Waals surface area contributed by atoms with Gasteiger partial charge in [0.05, 0.1) is 6.10 Å². The predicted molar refractivity (Wildman–Crippen MR) is 103 cm³/mol. The van der Waals surface area contributed by atoms with Crippen LogP contribution in [0.3, 0.4) is 0 Å². The predicted octanol–water partition coefficient (Wildman–Crippen LogP) is 6.73. The minimum atomic E-state index is 0.0237. The van der Waals surface area contributed by atoms with Crippen LogP contribution in [0.5, 0.6) is 0 Å². The normalized spacial score (nSPS) is 40.2. The Morgan fingerprint density at radius 3 is 1.96 bits per heavy atom. The van der Waals surface area contributed by atoms with Crippen LogP contribution in [0, 0.1) is 29.6 Å². The Hall–Kier alpha value is -0.0400. The van der Waals surface area contributed by atoms with Crippen LogP contribution < -0.4 is 0 Å². The number of fused-ring (bicyclic) bond motifs is 1. The highest BCUT2D eigenvalue weighted by Gasteiger charge is 2.38. The van der Waals surface area contributed by atoms with Crippen molar-refractivity contribution in [2.45, 2.75) is 116 Å². The molecule has 0 bridgehead atoms. The third-order valence-corrected chi connectivity index (χ3v) is 7.90. The number of unbranched alkanes of at least 4 members (excludes halogenated alkanes) is 4. The molecule has 0 saturated heterocycles. The highest BCUT2D eigenvalue weighted by Crippen LogP contribution is 2.48. The summed E-state index contributed by atoms with van der Waals surface area (Å²) in [5, 5.41) is 9.91. The van der Waals surface area contributed by atoms with E-state index >= 15 is 0 Å². The van der Waals surface area contributed by atoms with Crippen LogP contribution in [0.2, 0.25) is 0 Å². The molecule has 3 aliphatic carbocycles. The van der Waals surface area contributed by atoms with Gasteiger partial charge in [-0.15, -0.1) is 0 Å². The van der Waals surface area contributed by atoms with Crippen molar-refractivity contribution in [2.75, 3.05) is 0 Å². The van der Waals surface area contributed by atoms with E-state index in [4.69, 9.17) is 0 Å². The lowest BCUT2D eigenvalue weighted by Crippen LogP contribution is -2.35. The molecular formula is C23H42O. The van der Waals surface area contributed by atoms with Crippen LogP contribution >= 0.6 is 0 Å². The van der Waals surface area contributed by atoms with Gasteiger partial charge in [-0.2, -0.15) is 0 Å². The fourth-order valence-electron chi connectivity index (χ4n) is 6.31. The second-order valence-electron chi connectivity index (χ2n) is 9.54. The van der Waals surface area contributed by atoms with Gasteiger partial charge in [-0.05, 0) is 81.0 Å². The summed E-state index contributed by atoms with van der Waals surface area (Å²) in [5.74, 6) is 4.97. The lowest BCUT2D eigenvalue weighted by Gasteiger charge is -2.44. The van der Waals surface area contributed by atoms with Gasteiger partial charge in [0.2, 0.25) is 0 Å². The molecule has 0 heterocycles. The lowest BCUT2D eigenvalue weighted by molar-refractivity contribution is 0.0189. The van der Waals surface area contributed by atoms with Crippen molar-refractivity contribution in [3.8, 4) is 0 Å². The van der Waals surface area contributed by atoms with E-state index in [-0.39, 0.29) is 6.10 Å². The van der Waals surface area contributed by atoms with Crippen molar-refractivity contribution < 1.29 is 5.11 Å². The highest BCUT2D eigenvalue weighted by molar-refractivity contribution is 4.89. The van der Waals surface area contributed by atoms with E-state index in [2.05, 4.69) is 6.92 Å². The first-order chi connectivity index (χ1) is 11.8. The maximum absolute atomic E-state index is 9.91. The molecule has 4 unspecified atom stereocenters. The molecule has 0 aliphatic heterocycles. The number of hydrogen-bond acceptors (Lipinski definition) is 1. The van der Waals surface area contributed by atoms with E-state index in [1.165, 1.54) is 89.9 Å². The van der Waals surface area contributed by atoms with Crippen LogP contribution in [0.15, 0.2) is 0 Å². The maximum Gasteiger partial charge on any atom is 0.0543 e. The van der Waals surface area contributed by atoms with E-state index in [1.54, 1.807) is 0 Å². The van der Waals surface area contributed by atoms with Crippen molar-refractivity contribution >= 4 is 0 Å². The molecule has 0 aromatic carbocycles. The molecule has 0 spiro atoms. The van der Waals surface area contributed by atoms with Crippen molar-refractivity contribution in [2.24, 2.45) is 29.6 Å². The smallest absolute Gasteiger partial charge is 0.0543 e. The van der Waals surface area contributed by atoms with Crippen molar-refractivity contribution in [3.05, 3.63) is 0 Å². The van der Waals surface area contributed by atoms with E-state index < -0.39 is 0 Å². The molecule has 0 amide bonds. The van der Waals surface area contributed by atoms with Crippen molar-refractivity contribution in [3.63, 3.8) is 0 Å². The molecule has 1 heteroatoms. The van der Waals surface area contributed by atoms with Gasteiger partial charge in [-0.1, -0.05) is 58.3 Å². The Morgan fingerprint density at radius 1 is 0.625 bits per heavy atom. The molecule has 3 saturated carbocycles. The van der Waals surface area contributed by atoms with Gasteiger partial charge < -0.3 is 5.11 Å². The minimum Gasteiger partial charge on any atom is -0.393 e. The van der Waals surface area contributed by atoms with Crippen LogP contribution in [0.4, 0.5) is 0 Å². The van der Waals surface area contributed by atoms with Gasteiger partial charge in [0.15, 0.2) is 0 Å². The first-order valence-electron chi connectivity index (χ1n) is 11.4. The van der Waals surface area contributed by atoms with E-state index in [0.29, 0.717) is 0 Å². The number of rotatable bonds is 7. The quantitative estimate of drug-likeness (QED) is 0.512. The van der Waals surface area contributed by atoms with Gasteiger partial charge in [-0.3, -0.25) is 0 Å². The fourth-order valence-corrected chi connectivity index (χ4v) is 6.31. The summed E-state index contributed by atoms with van der Waals surface area (Å²) in [6, 6.07) is 0. The zero-order valence-corrected chi connectivity index (χ0v) is 16.2. The first kappa shape index (κ1) is 18.7. The molecule has 1 N–H and O–H groups in total. The Balaban J connectivity index is 1.33. The highest BCUT2D eigenvalue weighted by atomic mass is 16.3. The minimum absolute atomic E-state index is 0.0237. The molecule has 140 valence electrons. The van der Waals surface area contributed by atoms with E-state index in [9.17, 15) is 5.11 Å². The third-order valence-electron chi connectivity index (χ3n) is 7.90. The molecule has 4 atom stereocenters. The topological polar surface area (TPSA) is 20.2 Å². The molecule has 24 heavy (non-hydrogen) atoms. The number of aliphatic hydroxyl groups is 1. The molecule has 3 aliphatic rings. The summed E-state index contributed by atoms with van der Waals surface area (Å²) in [6.07, 6.45) is 22.8. The van der Waals surface area contributed by atoms with Gasteiger partial charge in [0.25, 0.3) is 0 Å². The standard InChI is InChI=1S/C23H42O/c1-2-3-4-5-6-7-18-8-10-19(11-9-18)20-12-13-22-17-23(24)15-14-21(22)16-20/h18-24H,2-17H2,1H3. The fraction of sp³-hybridized carbons (Fsp3) is 1.00. The summed E-state index contributed by atoms with van der Waals surface area (Å²) in [6.45, 7) is 2.31. The second kappa shape index (κ2) is 9.60. The summed E-state index contributed by atoms with van der Waals surface area (Å²) in [4.78, 5) is 0. The summed E-state index contributed by atoms with van der Waals surface area (Å²) < 4.78 is 0. The monoisotopic (exact) mass is 334 g/mol. The Labute approximate surface area is 151 Å². The molecule has 0 radical (unpaired) electrons. The van der Waals surface area contributed by atoms with Gasteiger partial charge >= 0.3 is 0 Å². The van der Waals surface area contributed by atoms with Crippen LogP contribution in [-0.2, 0) is 0 Å². The van der Waals surface area contributed by atoms with Crippen molar-refractivity contribution in [1.82, 2.24) is 0 Å². The van der Waals surface area contributed by atoms with Crippen LogP contribution in [0.1, 0.15) is 110 Å². The van der Waals surface area contributed by atoms with Gasteiger partial charge in [0, 0.05) is 0 Å². The summed E-state index contributed by atoms with van der Waals surface area (Å²) >= 11 is 0. The molecular weight excluding hydrogens is 292 g/mol. The summed E-state index contributed by atoms with van der Waals surface area (Å²) in [5.41, 5.74) is 0. The van der Waals surface area contributed by atoms with Gasteiger partial charge in [0.1, 0.15) is 0 Å². The first-order valence-corrected chi connectivity index (χ1v) is 11.4. The molecule has 1 nitrogen and oxygen atoms in total. The molecule has 0 aromatic heterocycles. The third kappa shape index (κ3) is 5.23. The van der Waals surface area contributed by atoms with Crippen LogP contribution in [0.25, 0.3) is 0 Å². The molecule has 3 fully saturated rings. The largest absolute Gasteiger partial charge is 0.393 e. The zero-order valence-electron chi connectivity index (χ0n) is 16.2. The van der Waals surface area contributed by atoms with Gasteiger partial charge in [-0.25, -0.2) is 0 Å². The van der Waals surface area contributed by atoms with Crippen LogP contribution in [-0.4, -0.2) is 11.2 Å². The Morgan fingerprint density at radius 2 is 1.21 bits per heavy atom. The maximum atomic E-state index is 9.91. The average molecular weight is 335 g/mol. The zero-order chi connectivity index (χ0) is 16.8. The van der Waals surface area contributed by atoms with Crippen molar-refractivity contribution in [1.29, 1.82) is 0 Å². The molecule has 0 aromatic rings.